The molecule has 18 heavy (non-hydrogen) atoms. The number of hydrogen-bond acceptors (Lipinski definition) is 1. The molecule has 1 heteroatoms. The number of fused-ring (bicyclic) bond motifs is 1. The third kappa shape index (κ3) is 2.13. The molecule has 3 rings (SSSR count). The third-order valence-corrected chi connectivity index (χ3v) is 3.90. The molecule has 0 bridgehead atoms. The molecule has 0 saturated carbocycles. The summed E-state index contributed by atoms with van der Waals surface area (Å²) in [5, 5.41) is 0. The van der Waals surface area contributed by atoms with Crippen LogP contribution in [0.15, 0.2) is 48.5 Å². The molecule has 0 radical (unpaired) electrons. The van der Waals surface area contributed by atoms with E-state index in [1.54, 1.807) is 12.7 Å². The summed E-state index contributed by atoms with van der Waals surface area (Å²) in [4.78, 5) is 0. The van der Waals surface area contributed by atoms with Crippen LogP contribution in [0.25, 0.3) is 0 Å². The molecule has 0 amide bonds. The van der Waals surface area contributed by atoms with Crippen LogP contribution in [0.1, 0.15) is 29.0 Å². The second-order valence-electron chi connectivity index (χ2n) is 4.99. The molecule has 2 aromatic carbocycles. The molecule has 0 saturated heterocycles. The predicted octanol–water partition coefficient (Wildman–Crippen LogP) is 3.97. The zero-order valence-corrected chi connectivity index (χ0v) is 10.7. The average Bonchev–Trinajstić information content (AvgIpc) is 2.83. The van der Waals surface area contributed by atoms with Crippen molar-refractivity contribution in [3.8, 4) is 5.75 Å². The van der Waals surface area contributed by atoms with Crippen LogP contribution in [-0.4, -0.2) is 7.11 Å². The molecule has 0 aliphatic heterocycles. The van der Waals surface area contributed by atoms with Crippen molar-refractivity contribution in [2.75, 3.05) is 7.11 Å². The highest BCUT2D eigenvalue weighted by atomic mass is 16.5. The van der Waals surface area contributed by atoms with E-state index in [1.807, 2.05) is 0 Å². The molecular weight excluding hydrogens is 220 g/mol. The van der Waals surface area contributed by atoms with E-state index in [4.69, 9.17) is 4.74 Å². The minimum Gasteiger partial charge on any atom is -0.497 e. The van der Waals surface area contributed by atoms with Crippen molar-refractivity contribution in [2.24, 2.45) is 0 Å². The van der Waals surface area contributed by atoms with Gasteiger partial charge in [0.15, 0.2) is 0 Å². The van der Waals surface area contributed by atoms with E-state index in [0.29, 0.717) is 5.92 Å². The molecule has 2 aromatic rings. The molecule has 0 N–H and O–H groups in total. The van der Waals surface area contributed by atoms with Gasteiger partial charge in [0.2, 0.25) is 0 Å². The van der Waals surface area contributed by atoms with Crippen LogP contribution >= 0.6 is 0 Å². The molecule has 1 unspecified atom stereocenters. The van der Waals surface area contributed by atoms with Gasteiger partial charge in [-0.25, -0.2) is 0 Å². The predicted molar refractivity (Wildman–Crippen MR) is 74.2 cm³/mol. The second-order valence-corrected chi connectivity index (χ2v) is 4.99. The molecule has 0 spiro atoms. The maximum atomic E-state index is 5.20. The Morgan fingerprint density at radius 2 is 1.83 bits per heavy atom. The Morgan fingerprint density at radius 3 is 2.61 bits per heavy atom. The summed E-state index contributed by atoms with van der Waals surface area (Å²) in [6, 6.07) is 17.3. The Hall–Kier alpha value is -1.76. The first-order valence-corrected chi connectivity index (χ1v) is 6.57. The quantitative estimate of drug-likeness (QED) is 0.786. The van der Waals surface area contributed by atoms with Crippen LogP contribution in [0, 0.1) is 0 Å². The lowest BCUT2D eigenvalue weighted by Gasteiger charge is -2.12. The molecular formula is C17H18O. The number of ether oxygens (including phenoxy) is 1. The Balaban J connectivity index is 1.77. The fraction of sp³-hybridized carbons (Fsp3) is 0.294. The monoisotopic (exact) mass is 238 g/mol. The Morgan fingerprint density at radius 1 is 1.06 bits per heavy atom. The molecule has 1 aliphatic rings. The van der Waals surface area contributed by atoms with Crippen LogP contribution in [0.5, 0.6) is 5.75 Å². The van der Waals surface area contributed by atoms with Crippen molar-refractivity contribution in [2.45, 2.75) is 25.2 Å². The molecule has 1 aliphatic carbocycles. The summed E-state index contributed by atoms with van der Waals surface area (Å²) in [7, 11) is 1.71. The Kier molecular flexibility index (Phi) is 3.06. The Labute approximate surface area is 108 Å². The largest absolute Gasteiger partial charge is 0.497 e. The number of benzene rings is 2. The van der Waals surface area contributed by atoms with E-state index in [0.717, 1.165) is 12.2 Å². The summed E-state index contributed by atoms with van der Waals surface area (Å²) in [6.07, 6.45) is 3.66. The smallest absolute Gasteiger partial charge is 0.118 e. The van der Waals surface area contributed by atoms with Crippen LogP contribution in [-0.2, 0) is 12.8 Å². The van der Waals surface area contributed by atoms with Crippen LogP contribution in [0.4, 0.5) is 0 Å². The van der Waals surface area contributed by atoms with Gasteiger partial charge in [-0.15, -0.1) is 0 Å². The van der Waals surface area contributed by atoms with Crippen molar-refractivity contribution in [3.05, 3.63) is 65.2 Å². The lowest BCUT2D eigenvalue weighted by Crippen LogP contribution is -1.98. The van der Waals surface area contributed by atoms with E-state index in [2.05, 4.69) is 48.5 Å². The summed E-state index contributed by atoms with van der Waals surface area (Å²) >= 11 is 0. The highest BCUT2D eigenvalue weighted by Gasteiger charge is 2.21. The zero-order valence-electron chi connectivity index (χ0n) is 10.7. The topological polar surface area (TPSA) is 9.23 Å². The van der Waals surface area contributed by atoms with Gasteiger partial charge in [-0.05, 0) is 54.0 Å². The van der Waals surface area contributed by atoms with Gasteiger partial charge >= 0.3 is 0 Å². The lowest BCUT2D eigenvalue weighted by atomic mass is 9.94. The fourth-order valence-corrected chi connectivity index (χ4v) is 2.90. The molecule has 0 heterocycles. The normalized spacial score (nSPS) is 17.5. The first-order valence-electron chi connectivity index (χ1n) is 6.57. The first kappa shape index (κ1) is 11.3. The van der Waals surface area contributed by atoms with Crippen molar-refractivity contribution in [1.29, 1.82) is 0 Å². The molecule has 1 atom stereocenters. The molecule has 92 valence electrons. The van der Waals surface area contributed by atoms with Crippen molar-refractivity contribution in [3.63, 3.8) is 0 Å². The SMILES string of the molecule is COc1ccc(CC2CCc3ccccc32)cc1. The number of aryl methyl sites for hydroxylation is 1. The van der Waals surface area contributed by atoms with Gasteiger partial charge < -0.3 is 4.74 Å². The molecule has 1 nitrogen and oxygen atoms in total. The van der Waals surface area contributed by atoms with Gasteiger partial charge in [0.05, 0.1) is 7.11 Å². The minimum absolute atomic E-state index is 0.689. The first-order chi connectivity index (χ1) is 8.86. The average molecular weight is 238 g/mol. The maximum Gasteiger partial charge on any atom is 0.118 e. The standard InChI is InChI=1S/C17H18O/c1-18-16-10-6-13(7-11-16)12-15-9-8-14-4-2-3-5-17(14)15/h2-7,10-11,15H,8-9,12H2,1H3. The van der Waals surface area contributed by atoms with Crippen LogP contribution in [0.2, 0.25) is 0 Å². The van der Waals surface area contributed by atoms with E-state index >= 15 is 0 Å². The van der Waals surface area contributed by atoms with Gasteiger partial charge in [0.1, 0.15) is 5.75 Å². The molecule has 0 fully saturated rings. The van der Waals surface area contributed by atoms with E-state index < -0.39 is 0 Å². The van der Waals surface area contributed by atoms with Crippen molar-refractivity contribution in [1.82, 2.24) is 0 Å². The van der Waals surface area contributed by atoms with Crippen molar-refractivity contribution >= 4 is 0 Å². The highest BCUT2D eigenvalue weighted by molar-refractivity contribution is 5.37. The number of rotatable bonds is 3. The fourth-order valence-electron chi connectivity index (χ4n) is 2.90. The van der Waals surface area contributed by atoms with Gasteiger partial charge in [-0.3, -0.25) is 0 Å². The van der Waals surface area contributed by atoms with Gasteiger partial charge in [0.25, 0.3) is 0 Å². The van der Waals surface area contributed by atoms with Gasteiger partial charge in [-0.2, -0.15) is 0 Å². The zero-order chi connectivity index (χ0) is 12.4. The van der Waals surface area contributed by atoms with Crippen molar-refractivity contribution < 1.29 is 4.74 Å². The van der Waals surface area contributed by atoms with Gasteiger partial charge in [-0.1, -0.05) is 36.4 Å². The summed E-state index contributed by atoms with van der Waals surface area (Å²) in [5.74, 6) is 1.63. The third-order valence-electron chi connectivity index (χ3n) is 3.90. The summed E-state index contributed by atoms with van der Waals surface area (Å²) < 4.78 is 5.20. The van der Waals surface area contributed by atoms with E-state index in [-0.39, 0.29) is 0 Å². The Bertz CT molecular complexity index is 528. The van der Waals surface area contributed by atoms with Crippen LogP contribution < -0.4 is 4.74 Å². The second kappa shape index (κ2) is 4.85. The van der Waals surface area contributed by atoms with E-state index in [1.165, 1.54) is 24.0 Å². The van der Waals surface area contributed by atoms with Crippen LogP contribution in [0.3, 0.4) is 0 Å². The minimum atomic E-state index is 0.689. The van der Waals surface area contributed by atoms with E-state index in [9.17, 15) is 0 Å². The summed E-state index contributed by atoms with van der Waals surface area (Å²) in [5.41, 5.74) is 4.49. The maximum absolute atomic E-state index is 5.20. The number of methoxy groups -OCH3 is 1. The number of hydrogen-bond donors (Lipinski definition) is 0. The molecule has 0 aromatic heterocycles. The highest BCUT2D eigenvalue weighted by Crippen LogP contribution is 2.35. The summed E-state index contributed by atoms with van der Waals surface area (Å²) in [6.45, 7) is 0. The lowest BCUT2D eigenvalue weighted by molar-refractivity contribution is 0.414. The van der Waals surface area contributed by atoms with Gasteiger partial charge in [0, 0.05) is 0 Å².